The maximum atomic E-state index is 11.4. The predicted octanol–water partition coefficient (Wildman–Crippen LogP) is 3.12. The van der Waals surface area contributed by atoms with Crippen molar-refractivity contribution in [2.75, 3.05) is 0 Å². The molecule has 0 amide bonds. The number of hydrogen-bond acceptors (Lipinski definition) is 3. The van der Waals surface area contributed by atoms with Gasteiger partial charge in [0.05, 0.1) is 16.4 Å². The second kappa shape index (κ2) is 5.20. The van der Waals surface area contributed by atoms with Gasteiger partial charge in [-0.25, -0.2) is 13.6 Å². The zero-order valence-corrected chi connectivity index (χ0v) is 13.1. The van der Waals surface area contributed by atoms with E-state index in [0.717, 1.165) is 10.2 Å². The van der Waals surface area contributed by atoms with Crippen LogP contribution in [-0.4, -0.2) is 13.4 Å². The van der Waals surface area contributed by atoms with Gasteiger partial charge >= 0.3 is 0 Å². The Morgan fingerprint density at radius 3 is 2.53 bits per heavy atom. The van der Waals surface area contributed by atoms with E-state index >= 15 is 0 Å². The molecule has 1 aromatic carbocycles. The molecule has 0 fully saturated rings. The molecule has 1 heterocycles. The second-order valence-electron chi connectivity index (χ2n) is 3.93. The Labute approximate surface area is 124 Å². The fourth-order valence-electron chi connectivity index (χ4n) is 1.62. The van der Waals surface area contributed by atoms with Gasteiger partial charge < -0.3 is 0 Å². The van der Waals surface area contributed by atoms with Crippen molar-refractivity contribution in [3.63, 3.8) is 0 Å². The molecule has 2 N–H and O–H groups in total. The van der Waals surface area contributed by atoms with Crippen molar-refractivity contribution >= 4 is 37.6 Å². The van der Waals surface area contributed by atoms with Gasteiger partial charge in [-0.1, -0.05) is 23.7 Å². The third kappa shape index (κ3) is 2.97. The lowest BCUT2D eigenvalue weighted by Crippen LogP contribution is -2.13. The van der Waals surface area contributed by atoms with Gasteiger partial charge in [0, 0.05) is 10.0 Å². The van der Waals surface area contributed by atoms with Crippen LogP contribution in [-0.2, 0) is 10.0 Å². The Morgan fingerprint density at radius 2 is 1.95 bits per heavy atom. The molecular weight excluding hydrogens is 352 g/mol. The van der Waals surface area contributed by atoms with E-state index in [2.05, 4.69) is 20.9 Å². The Hall–Kier alpha value is -0.950. The molecular formula is C12H10BrClN2O2S. The highest BCUT2D eigenvalue weighted by atomic mass is 79.9. The van der Waals surface area contributed by atoms with Crippen molar-refractivity contribution in [2.45, 2.75) is 11.8 Å². The van der Waals surface area contributed by atoms with E-state index in [0.29, 0.717) is 11.3 Å². The maximum Gasteiger partial charge on any atom is 0.239 e. The van der Waals surface area contributed by atoms with E-state index in [4.69, 9.17) is 16.7 Å². The highest BCUT2D eigenvalue weighted by molar-refractivity contribution is 9.10. The van der Waals surface area contributed by atoms with Crippen LogP contribution < -0.4 is 5.14 Å². The second-order valence-corrected chi connectivity index (χ2v) is 6.69. The summed E-state index contributed by atoms with van der Waals surface area (Å²) in [7, 11) is -3.85. The minimum atomic E-state index is -3.85. The first-order chi connectivity index (χ1) is 8.80. The monoisotopic (exact) mass is 360 g/mol. The summed E-state index contributed by atoms with van der Waals surface area (Å²) in [5.41, 5.74) is 1.91. The number of aryl methyl sites for hydroxylation is 1. The van der Waals surface area contributed by atoms with Crippen LogP contribution in [0.15, 0.2) is 39.7 Å². The van der Waals surface area contributed by atoms with Crippen LogP contribution >= 0.6 is 27.5 Å². The average molecular weight is 362 g/mol. The zero-order chi connectivity index (χ0) is 14.2. The first kappa shape index (κ1) is 14.5. The van der Waals surface area contributed by atoms with Gasteiger partial charge in [0.1, 0.15) is 4.90 Å². The van der Waals surface area contributed by atoms with Gasteiger partial charge in [0.15, 0.2) is 0 Å². The highest BCUT2D eigenvalue weighted by Gasteiger charge is 2.17. The summed E-state index contributed by atoms with van der Waals surface area (Å²) >= 11 is 9.46. The summed E-state index contributed by atoms with van der Waals surface area (Å²) in [6.45, 7) is 1.84. The Kier molecular flexibility index (Phi) is 3.96. The van der Waals surface area contributed by atoms with E-state index in [-0.39, 0.29) is 9.92 Å². The average Bonchev–Trinajstić information content (AvgIpc) is 2.32. The molecule has 0 aliphatic rings. The van der Waals surface area contributed by atoms with Crippen molar-refractivity contribution < 1.29 is 8.42 Å². The number of hydrogen-bond donors (Lipinski definition) is 1. The summed E-state index contributed by atoms with van der Waals surface area (Å²) in [4.78, 5) is 4.26. The van der Waals surface area contributed by atoms with Gasteiger partial charge in [-0.05, 0) is 41.1 Å². The topological polar surface area (TPSA) is 73.0 Å². The zero-order valence-electron chi connectivity index (χ0n) is 9.89. The van der Waals surface area contributed by atoms with Crippen molar-refractivity contribution in [1.29, 1.82) is 0 Å². The van der Waals surface area contributed by atoms with Crippen molar-refractivity contribution in [2.24, 2.45) is 5.14 Å². The standard InChI is InChI=1S/C12H10BrClN2O2S/c1-7-9(13)5-6-10(16-7)8-3-2-4-11(12(8)14)19(15,17)18/h2-6H,1H3,(H2,15,17,18). The molecule has 0 saturated heterocycles. The quantitative estimate of drug-likeness (QED) is 0.893. The lowest BCUT2D eigenvalue weighted by Gasteiger charge is -2.08. The smallest absolute Gasteiger partial charge is 0.239 e. The summed E-state index contributed by atoms with van der Waals surface area (Å²) in [5, 5.41) is 5.20. The van der Waals surface area contributed by atoms with Crippen LogP contribution in [0, 0.1) is 6.92 Å². The van der Waals surface area contributed by atoms with E-state index in [9.17, 15) is 8.42 Å². The van der Waals surface area contributed by atoms with Crippen LogP contribution in [0.4, 0.5) is 0 Å². The SMILES string of the molecule is Cc1nc(-c2cccc(S(N)(=O)=O)c2Cl)ccc1Br. The molecule has 0 saturated carbocycles. The normalized spacial score (nSPS) is 11.6. The Bertz CT molecular complexity index is 747. The molecule has 0 spiro atoms. The van der Waals surface area contributed by atoms with Gasteiger partial charge in [-0.2, -0.15) is 0 Å². The molecule has 0 unspecified atom stereocenters. The van der Waals surface area contributed by atoms with Crippen LogP contribution in [0.2, 0.25) is 5.02 Å². The summed E-state index contributed by atoms with van der Waals surface area (Å²) in [6.07, 6.45) is 0. The van der Waals surface area contributed by atoms with E-state index in [1.165, 1.54) is 6.07 Å². The molecule has 0 aliphatic carbocycles. The van der Waals surface area contributed by atoms with Crippen molar-refractivity contribution in [1.82, 2.24) is 4.98 Å². The molecule has 2 aromatic rings. The molecule has 4 nitrogen and oxygen atoms in total. The van der Waals surface area contributed by atoms with Gasteiger partial charge in [-0.15, -0.1) is 0 Å². The first-order valence-corrected chi connectivity index (χ1v) is 7.97. The number of primary sulfonamides is 1. The summed E-state index contributed by atoms with van der Waals surface area (Å²) in [6, 6.07) is 8.24. The summed E-state index contributed by atoms with van der Waals surface area (Å²) in [5.74, 6) is 0. The van der Waals surface area contributed by atoms with Gasteiger partial charge in [0.25, 0.3) is 0 Å². The molecule has 19 heavy (non-hydrogen) atoms. The van der Waals surface area contributed by atoms with Crippen LogP contribution in [0.25, 0.3) is 11.3 Å². The third-order valence-corrected chi connectivity index (χ3v) is 4.88. The molecule has 0 radical (unpaired) electrons. The number of halogens is 2. The fourth-order valence-corrected chi connectivity index (χ4v) is 3.02. The number of nitrogens with two attached hydrogens (primary N) is 1. The minimum Gasteiger partial charge on any atom is -0.252 e. The molecule has 0 atom stereocenters. The van der Waals surface area contributed by atoms with E-state index < -0.39 is 10.0 Å². The third-order valence-electron chi connectivity index (χ3n) is 2.57. The van der Waals surface area contributed by atoms with Crippen LogP contribution in [0.1, 0.15) is 5.69 Å². The molecule has 100 valence electrons. The molecule has 2 rings (SSSR count). The van der Waals surface area contributed by atoms with Gasteiger partial charge in [-0.3, -0.25) is 4.98 Å². The van der Waals surface area contributed by atoms with Crippen molar-refractivity contribution in [3.05, 3.63) is 45.5 Å². The Morgan fingerprint density at radius 1 is 1.26 bits per heavy atom. The number of nitrogens with zero attached hydrogens (tertiary/aromatic N) is 1. The van der Waals surface area contributed by atoms with E-state index in [1.54, 1.807) is 18.2 Å². The Balaban J connectivity index is 2.67. The predicted molar refractivity (Wildman–Crippen MR) is 78.5 cm³/mol. The van der Waals surface area contributed by atoms with Crippen molar-refractivity contribution in [3.8, 4) is 11.3 Å². The maximum absolute atomic E-state index is 11.4. The number of rotatable bonds is 2. The van der Waals surface area contributed by atoms with Crippen LogP contribution in [0.3, 0.4) is 0 Å². The summed E-state index contributed by atoms with van der Waals surface area (Å²) < 4.78 is 23.7. The number of sulfonamides is 1. The molecule has 7 heteroatoms. The van der Waals surface area contributed by atoms with Crippen LogP contribution in [0.5, 0.6) is 0 Å². The number of benzene rings is 1. The lowest BCUT2D eigenvalue weighted by atomic mass is 10.1. The minimum absolute atomic E-state index is 0.0826. The number of pyridine rings is 1. The largest absolute Gasteiger partial charge is 0.252 e. The highest BCUT2D eigenvalue weighted by Crippen LogP contribution is 2.32. The fraction of sp³-hybridized carbons (Fsp3) is 0.0833. The number of aromatic nitrogens is 1. The van der Waals surface area contributed by atoms with E-state index in [1.807, 2.05) is 13.0 Å². The molecule has 0 bridgehead atoms. The molecule has 1 aromatic heterocycles. The van der Waals surface area contributed by atoms with Gasteiger partial charge in [0.2, 0.25) is 10.0 Å². The molecule has 0 aliphatic heterocycles. The lowest BCUT2D eigenvalue weighted by molar-refractivity contribution is 0.598. The first-order valence-electron chi connectivity index (χ1n) is 5.25.